The molecule has 0 aliphatic carbocycles. The Labute approximate surface area is 170 Å². The maximum absolute atomic E-state index is 4.42. The minimum Gasteiger partial charge on any atom is -0.354 e. The molecule has 0 spiro atoms. The van der Waals surface area contributed by atoms with E-state index in [2.05, 4.69) is 76.3 Å². The molecule has 24 heavy (non-hydrogen) atoms. The molecule has 0 aliphatic heterocycles. The molecule has 4 nitrogen and oxygen atoms in total. The fourth-order valence-electron chi connectivity index (χ4n) is 2.43. The van der Waals surface area contributed by atoms with E-state index in [-0.39, 0.29) is 24.0 Å². The van der Waals surface area contributed by atoms with E-state index in [1.165, 1.54) is 9.75 Å². The first-order valence-electron chi connectivity index (χ1n) is 7.75. The summed E-state index contributed by atoms with van der Waals surface area (Å²) < 4.78 is 0. The molecule has 2 heterocycles. The number of guanidine groups is 1. The molecule has 1 N–H and O–H groups in total. The van der Waals surface area contributed by atoms with Crippen molar-refractivity contribution in [1.82, 2.24) is 15.1 Å². The molecule has 1 atom stereocenters. The van der Waals surface area contributed by atoms with Gasteiger partial charge in [0.25, 0.3) is 0 Å². The monoisotopic (exact) mass is 478 g/mol. The second kappa shape index (κ2) is 11.1. The zero-order chi connectivity index (χ0) is 16.7. The van der Waals surface area contributed by atoms with E-state index < -0.39 is 0 Å². The molecule has 2 aromatic heterocycles. The summed E-state index contributed by atoms with van der Waals surface area (Å²) in [5.41, 5.74) is 0. The Balaban J connectivity index is 0.00000288. The second-order valence-electron chi connectivity index (χ2n) is 5.67. The van der Waals surface area contributed by atoms with Crippen molar-refractivity contribution in [3.63, 3.8) is 0 Å². The second-order valence-corrected chi connectivity index (χ2v) is 7.69. The van der Waals surface area contributed by atoms with Crippen LogP contribution in [0.2, 0.25) is 0 Å². The third-order valence-electron chi connectivity index (χ3n) is 3.80. The summed E-state index contributed by atoms with van der Waals surface area (Å²) in [5, 5.41) is 7.78. The zero-order valence-corrected chi connectivity index (χ0v) is 18.7. The average Bonchev–Trinajstić information content (AvgIpc) is 3.22. The minimum absolute atomic E-state index is 0. The molecule has 134 valence electrons. The van der Waals surface area contributed by atoms with Crippen LogP contribution in [0.1, 0.15) is 15.8 Å². The fourth-order valence-corrected chi connectivity index (χ4v) is 4.05. The van der Waals surface area contributed by atoms with Crippen molar-refractivity contribution in [1.29, 1.82) is 0 Å². The van der Waals surface area contributed by atoms with Gasteiger partial charge < -0.3 is 15.1 Å². The van der Waals surface area contributed by atoms with Gasteiger partial charge in [-0.05, 0) is 43.4 Å². The Morgan fingerprint density at radius 2 is 1.88 bits per heavy atom. The van der Waals surface area contributed by atoms with Crippen LogP contribution in [0.3, 0.4) is 0 Å². The van der Waals surface area contributed by atoms with Gasteiger partial charge in [0.15, 0.2) is 5.96 Å². The SMILES string of the molecule is CN=C(NCC(c1cccs1)N(C)C)N(C)CCc1cccs1.I. The van der Waals surface area contributed by atoms with Gasteiger partial charge in [0.1, 0.15) is 0 Å². The Kier molecular flexibility index (Phi) is 9.87. The van der Waals surface area contributed by atoms with Crippen molar-refractivity contribution >= 4 is 52.6 Å². The highest BCUT2D eigenvalue weighted by molar-refractivity contribution is 14.0. The van der Waals surface area contributed by atoms with Gasteiger partial charge in [-0.1, -0.05) is 12.1 Å². The van der Waals surface area contributed by atoms with Gasteiger partial charge in [-0.2, -0.15) is 0 Å². The van der Waals surface area contributed by atoms with Gasteiger partial charge in [0.05, 0.1) is 6.04 Å². The van der Waals surface area contributed by atoms with Crippen LogP contribution in [0, 0.1) is 0 Å². The number of thiophene rings is 2. The van der Waals surface area contributed by atoms with Crippen LogP contribution in [0.15, 0.2) is 40.0 Å². The van der Waals surface area contributed by atoms with Crippen LogP contribution in [0.4, 0.5) is 0 Å². The molecular formula is C17H27IN4S2. The van der Waals surface area contributed by atoms with Gasteiger partial charge in [0.2, 0.25) is 0 Å². The molecule has 0 bridgehead atoms. The van der Waals surface area contributed by atoms with Crippen LogP contribution in [0.25, 0.3) is 0 Å². The highest BCUT2D eigenvalue weighted by Gasteiger charge is 2.16. The predicted molar refractivity (Wildman–Crippen MR) is 118 cm³/mol. The quantitative estimate of drug-likeness (QED) is 0.374. The molecule has 0 saturated heterocycles. The largest absolute Gasteiger partial charge is 0.354 e. The van der Waals surface area contributed by atoms with Crippen LogP contribution >= 0.6 is 46.7 Å². The van der Waals surface area contributed by atoms with E-state index in [1.54, 1.807) is 11.3 Å². The number of halogens is 1. The third-order valence-corrected chi connectivity index (χ3v) is 5.71. The molecule has 0 fully saturated rings. The van der Waals surface area contributed by atoms with E-state index >= 15 is 0 Å². The van der Waals surface area contributed by atoms with Gasteiger partial charge in [-0.15, -0.1) is 46.7 Å². The van der Waals surface area contributed by atoms with Crippen LogP contribution in [0.5, 0.6) is 0 Å². The standard InChI is InChI=1S/C17H26N4S2.HI/c1-18-17(21(4)10-9-14-7-5-11-22-14)19-13-15(20(2)3)16-8-6-12-23-16;/h5-8,11-12,15H,9-10,13H2,1-4H3,(H,18,19);1H. The lowest BCUT2D eigenvalue weighted by molar-refractivity contribution is 0.299. The van der Waals surface area contributed by atoms with E-state index in [0.717, 1.165) is 25.5 Å². The van der Waals surface area contributed by atoms with Gasteiger partial charge in [-0.3, -0.25) is 4.99 Å². The number of aliphatic imine (C=N–C) groups is 1. The summed E-state index contributed by atoms with van der Waals surface area (Å²) in [6, 6.07) is 8.96. The maximum Gasteiger partial charge on any atom is 0.193 e. The number of hydrogen-bond acceptors (Lipinski definition) is 4. The molecule has 0 amide bonds. The van der Waals surface area contributed by atoms with Crippen molar-refractivity contribution in [3.05, 3.63) is 44.8 Å². The Morgan fingerprint density at radius 1 is 1.17 bits per heavy atom. The average molecular weight is 478 g/mol. The predicted octanol–water partition coefficient (Wildman–Crippen LogP) is 3.78. The summed E-state index contributed by atoms with van der Waals surface area (Å²) in [7, 11) is 8.18. The Morgan fingerprint density at radius 3 is 2.42 bits per heavy atom. The first-order chi connectivity index (χ1) is 11.1. The van der Waals surface area contributed by atoms with Crippen molar-refractivity contribution in [3.8, 4) is 0 Å². The van der Waals surface area contributed by atoms with E-state index in [9.17, 15) is 0 Å². The smallest absolute Gasteiger partial charge is 0.193 e. The number of hydrogen-bond donors (Lipinski definition) is 1. The highest BCUT2D eigenvalue weighted by atomic mass is 127. The van der Waals surface area contributed by atoms with Gasteiger partial charge in [0, 0.05) is 36.9 Å². The van der Waals surface area contributed by atoms with Crippen LogP contribution in [-0.2, 0) is 6.42 Å². The van der Waals surface area contributed by atoms with Gasteiger partial charge >= 0.3 is 0 Å². The van der Waals surface area contributed by atoms with E-state index in [0.29, 0.717) is 6.04 Å². The molecule has 1 unspecified atom stereocenters. The van der Waals surface area contributed by atoms with E-state index in [1.807, 2.05) is 18.4 Å². The molecule has 0 radical (unpaired) electrons. The normalized spacial score (nSPS) is 12.8. The molecule has 0 aromatic carbocycles. The van der Waals surface area contributed by atoms with E-state index in [4.69, 9.17) is 0 Å². The minimum atomic E-state index is 0. The Hall–Kier alpha value is -0.640. The van der Waals surface area contributed by atoms with Crippen LogP contribution < -0.4 is 5.32 Å². The maximum atomic E-state index is 4.42. The topological polar surface area (TPSA) is 30.9 Å². The lowest BCUT2D eigenvalue weighted by Crippen LogP contribution is -2.43. The molecule has 0 saturated carbocycles. The van der Waals surface area contributed by atoms with Crippen molar-refractivity contribution in [2.45, 2.75) is 12.5 Å². The van der Waals surface area contributed by atoms with Crippen molar-refractivity contribution in [2.24, 2.45) is 4.99 Å². The highest BCUT2D eigenvalue weighted by Crippen LogP contribution is 2.22. The van der Waals surface area contributed by atoms with Crippen LogP contribution in [-0.4, -0.2) is 57.0 Å². The molecule has 7 heteroatoms. The summed E-state index contributed by atoms with van der Waals surface area (Å²) >= 11 is 3.61. The van der Waals surface area contributed by atoms with Crippen molar-refractivity contribution in [2.75, 3.05) is 41.3 Å². The number of nitrogens with zero attached hydrogens (tertiary/aromatic N) is 3. The zero-order valence-electron chi connectivity index (χ0n) is 14.7. The molecule has 2 rings (SSSR count). The number of nitrogens with one attached hydrogen (secondary N) is 1. The third kappa shape index (κ3) is 6.34. The number of rotatable bonds is 7. The summed E-state index contributed by atoms with van der Waals surface area (Å²) in [6.07, 6.45) is 1.05. The lowest BCUT2D eigenvalue weighted by Gasteiger charge is -2.27. The Bertz CT molecular complexity index is 582. The molecule has 0 aliphatic rings. The molecular weight excluding hydrogens is 451 g/mol. The van der Waals surface area contributed by atoms with Gasteiger partial charge in [-0.25, -0.2) is 0 Å². The summed E-state index contributed by atoms with van der Waals surface area (Å²) in [4.78, 5) is 11.7. The first kappa shape index (κ1) is 21.4. The van der Waals surface area contributed by atoms with Crippen molar-refractivity contribution < 1.29 is 0 Å². The fraction of sp³-hybridized carbons (Fsp3) is 0.471. The molecule has 2 aromatic rings. The first-order valence-corrected chi connectivity index (χ1v) is 9.51. The number of likely N-dealkylation sites (N-methyl/N-ethyl adjacent to an activating group) is 2. The summed E-state index contributed by atoms with van der Waals surface area (Å²) in [5.74, 6) is 0.949. The summed E-state index contributed by atoms with van der Waals surface area (Å²) in [6.45, 7) is 1.81. The lowest BCUT2D eigenvalue weighted by atomic mass is 10.2.